The van der Waals surface area contributed by atoms with Crippen molar-refractivity contribution >= 4 is 38.4 Å². The molecule has 0 radical (unpaired) electrons. The highest BCUT2D eigenvalue weighted by molar-refractivity contribution is 7.92. The van der Waals surface area contributed by atoms with Gasteiger partial charge in [-0.2, -0.15) is 0 Å². The van der Waals surface area contributed by atoms with Crippen LogP contribution in [0.4, 0.5) is 10.1 Å². The van der Waals surface area contributed by atoms with E-state index in [1.54, 1.807) is 24.3 Å². The first kappa shape index (κ1) is 24.7. The van der Waals surface area contributed by atoms with E-state index in [1.807, 2.05) is 0 Å². The lowest BCUT2D eigenvalue weighted by Crippen LogP contribution is -2.18. The Morgan fingerprint density at radius 1 is 0.972 bits per heavy atom. The largest absolute Gasteiger partial charge is 0.493 e. The summed E-state index contributed by atoms with van der Waals surface area (Å²) in [5, 5.41) is 0.707. The molecule has 3 aromatic carbocycles. The molecule has 1 N–H and O–H groups in total. The molecule has 0 saturated heterocycles. The minimum atomic E-state index is -4.35. The Morgan fingerprint density at radius 2 is 1.69 bits per heavy atom. The van der Waals surface area contributed by atoms with Gasteiger partial charge < -0.3 is 18.6 Å². The van der Waals surface area contributed by atoms with E-state index in [9.17, 15) is 22.4 Å². The molecule has 0 unspecified atom stereocenters. The molecule has 4 rings (SSSR count). The van der Waals surface area contributed by atoms with Gasteiger partial charge in [-0.3, -0.25) is 9.52 Å². The summed E-state index contributed by atoms with van der Waals surface area (Å²) in [7, 11) is -1.86. The first-order chi connectivity index (χ1) is 17.2. The molecule has 0 saturated carbocycles. The van der Waals surface area contributed by atoms with Crippen LogP contribution in [-0.2, 0) is 14.8 Å². The zero-order valence-electron chi connectivity index (χ0n) is 19.1. The van der Waals surface area contributed by atoms with E-state index in [-0.39, 0.29) is 28.5 Å². The fourth-order valence-electron chi connectivity index (χ4n) is 3.39. The molecule has 0 amide bonds. The van der Waals surface area contributed by atoms with Gasteiger partial charge in [-0.25, -0.2) is 17.6 Å². The number of benzene rings is 3. The minimum absolute atomic E-state index is 0.000961. The molecule has 4 aromatic rings. The number of hydrogen-bond acceptors (Lipinski definition) is 8. The number of carbonyl (C=O) groups excluding carboxylic acids is 2. The average molecular weight is 513 g/mol. The Hall–Kier alpha value is -4.38. The molecule has 9 nitrogen and oxygen atoms in total. The molecule has 0 aliphatic rings. The number of fused-ring (bicyclic) bond motifs is 1. The van der Waals surface area contributed by atoms with Crippen LogP contribution in [-0.4, -0.2) is 41.0 Å². The number of para-hydroxylation sites is 2. The molecule has 1 aromatic heterocycles. The van der Waals surface area contributed by atoms with Crippen LogP contribution in [0.15, 0.2) is 76.0 Å². The number of halogens is 1. The van der Waals surface area contributed by atoms with Gasteiger partial charge in [-0.05, 0) is 30.3 Å². The second-order valence-electron chi connectivity index (χ2n) is 7.44. The summed E-state index contributed by atoms with van der Waals surface area (Å²) in [5.41, 5.74) is -0.102. The predicted octanol–water partition coefficient (Wildman–Crippen LogP) is 4.43. The predicted molar refractivity (Wildman–Crippen MR) is 128 cm³/mol. The van der Waals surface area contributed by atoms with E-state index in [0.29, 0.717) is 11.0 Å². The number of esters is 1. The molecule has 36 heavy (non-hydrogen) atoms. The van der Waals surface area contributed by atoms with Gasteiger partial charge in [-0.1, -0.05) is 30.3 Å². The quantitative estimate of drug-likeness (QED) is 0.258. The number of nitrogens with one attached hydrogen (secondary N) is 1. The van der Waals surface area contributed by atoms with Crippen molar-refractivity contribution < 1.29 is 41.0 Å². The Bertz CT molecular complexity index is 1530. The standard InChI is InChI=1S/C25H20FNO8S/c1-32-23-13-16(36(30,31)27-19-9-5-4-8-18(19)26)12-17(24(23)33-2)25(29)34-14-20(28)22-11-15-7-3-6-10-21(15)35-22/h3-13,27H,14H2,1-2H3. The lowest BCUT2D eigenvalue weighted by molar-refractivity contribution is 0.0464. The first-order valence-electron chi connectivity index (χ1n) is 10.5. The van der Waals surface area contributed by atoms with E-state index in [2.05, 4.69) is 4.72 Å². The normalized spacial score (nSPS) is 11.2. The zero-order valence-corrected chi connectivity index (χ0v) is 19.9. The third kappa shape index (κ3) is 5.01. The fraction of sp³-hybridized carbons (Fsp3) is 0.120. The van der Waals surface area contributed by atoms with Crippen molar-refractivity contribution in [2.24, 2.45) is 0 Å². The second kappa shape index (κ2) is 10.1. The fourth-order valence-corrected chi connectivity index (χ4v) is 4.50. The Balaban J connectivity index is 1.60. The summed E-state index contributed by atoms with van der Waals surface area (Å²) >= 11 is 0. The highest BCUT2D eigenvalue weighted by Crippen LogP contribution is 2.35. The zero-order chi connectivity index (χ0) is 25.9. The molecule has 0 aliphatic heterocycles. The summed E-state index contributed by atoms with van der Waals surface area (Å²) in [6.45, 7) is -0.672. The van der Waals surface area contributed by atoms with Crippen LogP contribution in [0.5, 0.6) is 11.5 Å². The number of methoxy groups -OCH3 is 2. The van der Waals surface area contributed by atoms with E-state index in [4.69, 9.17) is 18.6 Å². The van der Waals surface area contributed by atoms with Gasteiger partial charge in [0.25, 0.3) is 10.0 Å². The number of rotatable bonds is 9. The van der Waals surface area contributed by atoms with Crippen molar-refractivity contribution in [3.05, 3.63) is 83.9 Å². The van der Waals surface area contributed by atoms with Crippen molar-refractivity contribution in [1.82, 2.24) is 0 Å². The molecule has 1 heterocycles. The van der Waals surface area contributed by atoms with Crippen molar-refractivity contribution in [2.75, 3.05) is 25.5 Å². The van der Waals surface area contributed by atoms with E-state index in [0.717, 1.165) is 18.2 Å². The topological polar surface area (TPSA) is 121 Å². The lowest BCUT2D eigenvalue weighted by Gasteiger charge is -2.15. The van der Waals surface area contributed by atoms with Crippen LogP contribution in [0.2, 0.25) is 0 Å². The van der Waals surface area contributed by atoms with Gasteiger partial charge in [0.1, 0.15) is 17.0 Å². The number of ether oxygens (including phenoxy) is 3. The van der Waals surface area contributed by atoms with Crippen LogP contribution in [0.25, 0.3) is 11.0 Å². The maximum atomic E-state index is 14.0. The maximum absolute atomic E-state index is 14.0. The molecule has 0 spiro atoms. The van der Waals surface area contributed by atoms with Crippen molar-refractivity contribution in [1.29, 1.82) is 0 Å². The van der Waals surface area contributed by atoms with E-state index < -0.39 is 39.1 Å². The number of hydrogen-bond donors (Lipinski definition) is 1. The van der Waals surface area contributed by atoms with Crippen LogP contribution < -0.4 is 14.2 Å². The summed E-state index contributed by atoms with van der Waals surface area (Å²) in [6, 6.07) is 15.8. The Labute approximate surface area is 205 Å². The lowest BCUT2D eigenvalue weighted by atomic mass is 10.2. The molecular weight excluding hydrogens is 493 g/mol. The number of furan rings is 1. The third-order valence-electron chi connectivity index (χ3n) is 5.14. The van der Waals surface area contributed by atoms with Gasteiger partial charge in [0.05, 0.1) is 24.8 Å². The second-order valence-corrected chi connectivity index (χ2v) is 9.12. The Morgan fingerprint density at radius 3 is 2.39 bits per heavy atom. The number of anilines is 1. The van der Waals surface area contributed by atoms with E-state index in [1.165, 1.54) is 38.5 Å². The Kier molecular flexibility index (Phi) is 6.93. The van der Waals surface area contributed by atoms with E-state index >= 15 is 0 Å². The van der Waals surface area contributed by atoms with Gasteiger partial charge in [0, 0.05) is 11.5 Å². The average Bonchev–Trinajstić information content (AvgIpc) is 3.32. The van der Waals surface area contributed by atoms with Gasteiger partial charge in [-0.15, -0.1) is 0 Å². The van der Waals surface area contributed by atoms with Crippen LogP contribution in [0.3, 0.4) is 0 Å². The van der Waals surface area contributed by atoms with Crippen LogP contribution in [0, 0.1) is 5.82 Å². The van der Waals surface area contributed by atoms with Gasteiger partial charge >= 0.3 is 5.97 Å². The summed E-state index contributed by atoms with van der Waals surface area (Å²) < 4.78 is 63.0. The number of carbonyl (C=O) groups is 2. The van der Waals surface area contributed by atoms with Crippen molar-refractivity contribution in [3.63, 3.8) is 0 Å². The van der Waals surface area contributed by atoms with Crippen molar-refractivity contribution in [3.8, 4) is 11.5 Å². The SMILES string of the molecule is COc1cc(S(=O)(=O)Nc2ccccc2F)cc(C(=O)OCC(=O)c2cc3ccccc3o2)c1OC. The number of sulfonamides is 1. The minimum Gasteiger partial charge on any atom is -0.493 e. The summed E-state index contributed by atoms with van der Waals surface area (Å²) in [4.78, 5) is 25.0. The molecular formula is C25H20FNO8S. The molecule has 0 fully saturated rings. The molecule has 11 heteroatoms. The third-order valence-corrected chi connectivity index (χ3v) is 6.48. The van der Waals surface area contributed by atoms with Crippen LogP contribution >= 0.6 is 0 Å². The molecule has 0 aliphatic carbocycles. The maximum Gasteiger partial charge on any atom is 0.342 e. The first-order valence-corrected chi connectivity index (χ1v) is 11.9. The number of Topliss-reactive ketones (excluding diaryl/α,β-unsaturated/α-hetero) is 1. The highest BCUT2D eigenvalue weighted by Gasteiger charge is 2.26. The molecule has 186 valence electrons. The molecule has 0 bridgehead atoms. The van der Waals surface area contributed by atoms with Crippen molar-refractivity contribution in [2.45, 2.75) is 4.90 Å². The van der Waals surface area contributed by atoms with Gasteiger partial charge in [0.2, 0.25) is 5.78 Å². The molecule has 0 atom stereocenters. The number of ketones is 1. The monoisotopic (exact) mass is 513 g/mol. The summed E-state index contributed by atoms with van der Waals surface area (Å²) in [5.74, 6) is -2.63. The smallest absolute Gasteiger partial charge is 0.342 e. The van der Waals surface area contributed by atoms with Gasteiger partial charge in [0.15, 0.2) is 23.9 Å². The van der Waals surface area contributed by atoms with Crippen LogP contribution in [0.1, 0.15) is 20.9 Å². The highest BCUT2D eigenvalue weighted by atomic mass is 32.2. The summed E-state index contributed by atoms with van der Waals surface area (Å²) in [6.07, 6.45) is 0.